The van der Waals surface area contributed by atoms with E-state index in [0.717, 1.165) is 35.6 Å². The van der Waals surface area contributed by atoms with E-state index in [2.05, 4.69) is 17.1 Å². The van der Waals surface area contributed by atoms with Crippen LogP contribution in [0.15, 0.2) is 54.6 Å². The van der Waals surface area contributed by atoms with Gasteiger partial charge in [0.05, 0.1) is 12.0 Å². The maximum Gasteiger partial charge on any atom is 0.233 e. The van der Waals surface area contributed by atoms with E-state index in [-0.39, 0.29) is 23.9 Å². The van der Waals surface area contributed by atoms with E-state index < -0.39 is 27.0 Å². The van der Waals surface area contributed by atoms with E-state index in [1.807, 2.05) is 23.1 Å². The summed E-state index contributed by atoms with van der Waals surface area (Å²) in [5.41, 5.74) is 1.60. The second-order valence-electron chi connectivity index (χ2n) is 9.92. The maximum absolute atomic E-state index is 13.9. The summed E-state index contributed by atoms with van der Waals surface area (Å²) in [5.74, 6) is -1.03. The number of sulfonamides is 1. The van der Waals surface area contributed by atoms with Crippen LogP contribution in [-0.4, -0.2) is 65.8 Å². The Morgan fingerprint density at radius 3 is 2.32 bits per heavy atom. The topological polar surface area (TPSA) is 108 Å². The predicted molar refractivity (Wildman–Crippen MR) is 148 cm³/mol. The van der Waals surface area contributed by atoms with Crippen molar-refractivity contribution >= 4 is 33.1 Å². The minimum atomic E-state index is -3.71. The van der Waals surface area contributed by atoms with Crippen molar-refractivity contribution in [3.63, 3.8) is 0 Å². The Bertz CT molecular complexity index is 1400. The highest BCUT2D eigenvalue weighted by Gasteiger charge is 2.53. The Kier molecular flexibility index (Phi) is 8.34. The fourth-order valence-corrected chi connectivity index (χ4v) is 6.20. The van der Waals surface area contributed by atoms with Crippen LogP contribution in [0.4, 0.5) is 0 Å². The monoisotopic (exact) mass is 555 g/mol. The van der Waals surface area contributed by atoms with Crippen LogP contribution < -0.4 is 0 Å². The number of rotatable bonds is 12. The van der Waals surface area contributed by atoms with Gasteiger partial charge in [-0.3, -0.25) is 9.59 Å². The molecule has 1 fully saturated rings. The van der Waals surface area contributed by atoms with Crippen molar-refractivity contribution in [3.05, 3.63) is 81.3 Å². The summed E-state index contributed by atoms with van der Waals surface area (Å²) in [6, 6.07) is 16.9. The van der Waals surface area contributed by atoms with Crippen LogP contribution in [0.3, 0.4) is 0 Å². The van der Waals surface area contributed by atoms with Gasteiger partial charge in [-0.1, -0.05) is 42.5 Å². The average molecular weight is 556 g/mol. The molecule has 1 aliphatic rings. The van der Waals surface area contributed by atoms with Gasteiger partial charge in [0, 0.05) is 25.5 Å². The molecule has 8 nitrogen and oxygen atoms in total. The van der Waals surface area contributed by atoms with E-state index in [9.17, 15) is 23.1 Å². The number of phenolic OH excluding ortho intramolecular Hbond substituents is 1. The number of amides is 1. The predicted octanol–water partition coefficient (Wildman–Crippen LogP) is 3.92. The molecule has 4 rings (SSSR count). The lowest BCUT2D eigenvalue weighted by atomic mass is 9.94. The lowest BCUT2D eigenvalue weighted by Crippen LogP contribution is -2.39. The van der Waals surface area contributed by atoms with Gasteiger partial charge in [0.2, 0.25) is 15.9 Å². The number of carbonyl (C=O) groups is 2. The van der Waals surface area contributed by atoms with E-state index in [4.69, 9.17) is 0 Å². The highest BCUT2D eigenvalue weighted by atomic mass is 32.2. The molecule has 1 amide bonds. The molecule has 38 heavy (non-hydrogen) atoms. The van der Waals surface area contributed by atoms with Crippen molar-refractivity contribution in [2.45, 2.75) is 44.6 Å². The second kappa shape index (κ2) is 11.3. The average Bonchev–Trinajstić information content (AvgIpc) is 3.60. The Labute approximate surface area is 228 Å². The lowest BCUT2D eigenvalue weighted by Gasteiger charge is -2.27. The first-order valence-corrected chi connectivity index (χ1v) is 15.0. The summed E-state index contributed by atoms with van der Waals surface area (Å²) in [6.45, 7) is 2.51. The minimum Gasteiger partial charge on any atom is -0.508 e. The van der Waals surface area contributed by atoms with E-state index >= 15 is 0 Å². The summed E-state index contributed by atoms with van der Waals surface area (Å²) < 4.78 is 25.5. The summed E-state index contributed by atoms with van der Waals surface area (Å²) >= 11 is 1.31. The summed E-state index contributed by atoms with van der Waals surface area (Å²) in [7, 11) is -0.924. The molecule has 2 aromatic carbocycles. The van der Waals surface area contributed by atoms with Crippen molar-refractivity contribution in [2.24, 2.45) is 0 Å². The smallest absolute Gasteiger partial charge is 0.233 e. The third-order valence-corrected chi connectivity index (χ3v) is 9.60. The molecule has 3 aromatic rings. The Balaban J connectivity index is 1.55. The van der Waals surface area contributed by atoms with Crippen LogP contribution in [0.2, 0.25) is 0 Å². The number of carbonyl (C=O) groups excluding carboxylic acids is 2. The Morgan fingerprint density at radius 1 is 1.05 bits per heavy atom. The largest absolute Gasteiger partial charge is 0.508 e. The molecule has 1 N–H and O–H groups in total. The molecule has 0 bridgehead atoms. The summed E-state index contributed by atoms with van der Waals surface area (Å²) in [4.78, 5) is 33.6. The molecule has 1 aromatic heterocycles. The van der Waals surface area contributed by atoms with Crippen LogP contribution >= 0.6 is 11.3 Å². The summed E-state index contributed by atoms with van der Waals surface area (Å²) in [5, 5.41) is 10.3. The molecule has 0 saturated heterocycles. The minimum absolute atomic E-state index is 0.00664. The number of thiazole rings is 1. The zero-order valence-corrected chi connectivity index (χ0v) is 23.5. The number of aromatic nitrogens is 1. The van der Waals surface area contributed by atoms with Crippen molar-refractivity contribution < 1.29 is 23.1 Å². The first kappa shape index (κ1) is 27.9. The van der Waals surface area contributed by atoms with Gasteiger partial charge in [-0.2, -0.15) is 0 Å². The van der Waals surface area contributed by atoms with Crippen LogP contribution in [0.5, 0.6) is 5.75 Å². The third kappa shape index (κ3) is 6.31. The fourth-order valence-electron chi connectivity index (χ4n) is 4.51. The van der Waals surface area contributed by atoms with Crippen molar-refractivity contribution in [2.75, 3.05) is 26.4 Å². The Hall–Kier alpha value is -3.08. The number of hydrogen-bond donors (Lipinski definition) is 1. The molecule has 0 atom stereocenters. The molecule has 0 unspecified atom stereocenters. The van der Waals surface area contributed by atoms with Crippen LogP contribution in [0, 0.1) is 6.92 Å². The highest BCUT2D eigenvalue weighted by Crippen LogP contribution is 2.50. The van der Waals surface area contributed by atoms with E-state index in [1.165, 1.54) is 31.0 Å². The van der Waals surface area contributed by atoms with Gasteiger partial charge in [0.15, 0.2) is 5.78 Å². The van der Waals surface area contributed by atoms with Gasteiger partial charge in [0.25, 0.3) is 0 Å². The maximum atomic E-state index is 13.9. The quantitative estimate of drug-likeness (QED) is 0.340. The molecule has 0 spiro atoms. The standard InChI is InChI=1S/C28H33N3O5S2/c1-20-26(24(33)19-38(35,36)30(2)3)29-25(37-20)18-31(17-7-10-21-8-5-4-6-9-21)27(34)28(15-16-28)22-11-13-23(32)14-12-22/h4-6,8-9,11-14,32H,7,10,15-19H2,1-3H3. The number of phenols is 1. The third-order valence-electron chi connectivity index (χ3n) is 6.90. The van der Waals surface area contributed by atoms with Crippen LogP contribution in [-0.2, 0) is 33.2 Å². The van der Waals surface area contributed by atoms with Crippen molar-refractivity contribution in [1.29, 1.82) is 0 Å². The van der Waals surface area contributed by atoms with Gasteiger partial charge in [-0.05, 0) is 55.9 Å². The van der Waals surface area contributed by atoms with Gasteiger partial charge >= 0.3 is 0 Å². The zero-order valence-electron chi connectivity index (χ0n) is 21.9. The second-order valence-corrected chi connectivity index (χ2v) is 13.4. The normalized spacial score (nSPS) is 14.4. The molecular weight excluding hydrogens is 522 g/mol. The molecule has 0 aliphatic heterocycles. The number of ketones is 1. The van der Waals surface area contributed by atoms with Gasteiger partial charge in [-0.15, -0.1) is 11.3 Å². The van der Waals surface area contributed by atoms with Gasteiger partial charge in [0.1, 0.15) is 22.2 Å². The number of aryl methyl sites for hydroxylation is 2. The number of Topliss-reactive ketones (excluding diaryl/α,β-unsaturated/α-hetero) is 1. The Morgan fingerprint density at radius 2 is 1.71 bits per heavy atom. The van der Waals surface area contributed by atoms with Crippen LogP contribution in [0.25, 0.3) is 0 Å². The molecule has 1 heterocycles. The molecule has 1 aliphatic carbocycles. The highest BCUT2D eigenvalue weighted by molar-refractivity contribution is 7.89. The number of hydrogen-bond acceptors (Lipinski definition) is 7. The first-order valence-electron chi connectivity index (χ1n) is 12.5. The van der Waals surface area contributed by atoms with Gasteiger partial charge in [-0.25, -0.2) is 17.7 Å². The first-order chi connectivity index (χ1) is 18.0. The van der Waals surface area contributed by atoms with Gasteiger partial charge < -0.3 is 10.0 Å². The van der Waals surface area contributed by atoms with Crippen molar-refractivity contribution in [3.8, 4) is 5.75 Å². The molecular formula is C28H33N3O5S2. The summed E-state index contributed by atoms with van der Waals surface area (Å²) in [6.07, 6.45) is 3.04. The van der Waals surface area contributed by atoms with Crippen LogP contribution in [0.1, 0.15) is 50.8 Å². The molecule has 202 valence electrons. The zero-order chi connectivity index (χ0) is 27.5. The number of benzene rings is 2. The number of nitrogens with zero attached hydrogens (tertiary/aromatic N) is 3. The van der Waals surface area contributed by atoms with E-state index in [1.54, 1.807) is 31.2 Å². The van der Waals surface area contributed by atoms with E-state index in [0.29, 0.717) is 16.4 Å². The molecule has 1 saturated carbocycles. The molecule has 10 heteroatoms. The van der Waals surface area contributed by atoms with Crippen molar-refractivity contribution in [1.82, 2.24) is 14.2 Å². The molecule has 0 radical (unpaired) electrons. The SMILES string of the molecule is Cc1sc(CN(CCCc2ccccc2)C(=O)C2(c3ccc(O)cc3)CC2)nc1C(=O)CS(=O)(=O)N(C)C. The number of aromatic hydroxyl groups is 1. The lowest BCUT2D eigenvalue weighted by molar-refractivity contribution is -0.134. The fraction of sp³-hybridized carbons (Fsp3) is 0.393.